The molecule has 0 amide bonds. The normalized spacial score (nSPS) is 26.9. The van der Waals surface area contributed by atoms with Crippen molar-refractivity contribution < 1.29 is 36.1 Å². The maximum atomic E-state index is 13.6. The van der Waals surface area contributed by atoms with Crippen molar-refractivity contribution in [3.63, 3.8) is 0 Å². The maximum absolute atomic E-state index is 13.6. The number of anilines is 1. The van der Waals surface area contributed by atoms with E-state index in [1.165, 1.54) is 5.56 Å². The molecule has 0 saturated carbocycles. The van der Waals surface area contributed by atoms with Crippen LogP contribution in [-0.4, -0.2) is 40.8 Å². The fourth-order valence-corrected chi connectivity index (χ4v) is 6.07. The quantitative estimate of drug-likeness (QED) is 0.283. The summed E-state index contributed by atoms with van der Waals surface area (Å²) in [5, 5.41) is 11.8. The summed E-state index contributed by atoms with van der Waals surface area (Å²) in [5.41, 5.74) is 6.85. The van der Waals surface area contributed by atoms with Gasteiger partial charge < -0.3 is 37.0 Å². The first-order chi connectivity index (χ1) is 16.4. The van der Waals surface area contributed by atoms with Crippen molar-refractivity contribution in [2.24, 2.45) is 0 Å². The lowest BCUT2D eigenvalue weighted by Crippen LogP contribution is -3.00. The maximum Gasteiger partial charge on any atom is 0.347 e. The Morgan fingerprint density at radius 3 is 2.00 bits per heavy atom. The number of nitrogen functional groups attached to an aromatic ring is 1. The second-order valence-corrected chi connectivity index (χ2v) is 10.1. The van der Waals surface area contributed by atoms with Crippen molar-refractivity contribution in [1.29, 1.82) is 0 Å². The van der Waals surface area contributed by atoms with E-state index in [1.54, 1.807) is 36.4 Å². The molecule has 0 aromatic heterocycles. The Morgan fingerprint density at radius 2 is 1.43 bits per heavy atom. The van der Waals surface area contributed by atoms with E-state index in [0.29, 0.717) is 28.9 Å². The van der Waals surface area contributed by atoms with E-state index in [-0.39, 0.29) is 23.1 Å². The zero-order valence-electron chi connectivity index (χ0n) is 20.0. The van der Waals surface area contributed by atoms with Gasteiger partial charge >= 0.3 is 5.97 Å². The number of carbonyl (C=O) groups excluding carboxylic acids is 1. The van der Waals surface area contributed by atoms with E-state index in [1.807, 2.05) is 18.2 Å². The molecule has 3 aromatic carbocycles. The Bertz CT molecular complexity index is 1130. The first-order valence-corrected chi connectivity index (χ1v) is 12.1. The summed E-state index contributed by atoms with van der Waals surface area (Å²) >= 11 is 0. The van der Waals surface area contributed by atoms with Crippen molar-refractivity contribution >= 4 is 11.7 Å². The molecule has 2 bridgehead atoms. The predicted octanol–water partition coefficient (Wildman–Crippen LogP) is 1.39. The minimum Gasteiger partial charge on any atom is -1.00 e. The van der Waals surface area contributed by atoms with Crippen LogP contribution in [0.1, 0.15) is 42.4 Å². The zero-order valence-corrected chi connectivity index (χ0v) is 21.6. The highest BCUT2D eigenvalue weighted by Gasteiger charge is 2.53. The molecule has 3 unspecified atom stereocenters. The lowest BCUT2D eigenvalue weighted by Gasteiger charge is -2.47. The third kappa shape index (κ3) is 4.75. The second kappa shape index (κ2) is 10.1. The van der Waals surface area contributed by atoms with Gasteiger partial charge in [-0.25, -0.2) is 4.79 Å². The SMILES string of the molecule is C[N+]1(Cc2ccccc2)C2CCC1CC(OC(=O)C(O)(c1ccccc1)c1ccc(N)cc1)C2.[Br-]. The molecule has 184 valence electrons. The minimum absolute atomic E-state index is 0. The molecule has 6 heteroatoms. The monoisotopic (exact) mass is 536 g/mol. The molecular weight excluding hydrogens is 504 g/mol. The molecule has 2 fully saturated rings. The van der Waals surface area contributed by atoms with Crippen LogP contribution in [0.3, 0.4) is 0 Å². The van der Waals surface area contributed by atoms with Crippen molar-refractivity contribution in [2.45, 2.75) is 56.0 Å². The van der Waals surface area contributed by atoms with E-state index in [0.717, 1.165) is 36.7 Å². The molecule has 2 heterocycles. The third-order valence-corrected chi connectivity index (χ3v) is 8.03. The highest BCUT2D eigenvalue weighted by molar-refractivity contribution is 5.85. The van der Waals surface area contributed by atoms with Gasteiger partial charge in [-0.05, 0) is 23.3 Å². The molecule has 2 aliphatic heterocycles. The first kappa shape index (κ1) is 25.4. The molecule has 2 saturated heterocycles. The highest BCUT2D eigenvalue weighted by atomic mass is 79.9. The van der Waals surface area contributed by atoms with E-state index in [9.17, 15) is 9.90 Å². The number of hydrogen-bond acceptors (Lipinski definition) is 4. The van der Waals surface area contributed by atoms with Gasteiger partial charge in [-0.3, -0.25) is 0 Å². The molecule has 3 atom stereocenters. The molecule has 3 N–H and O–H groups in total. The van der Waals surface area contributed by atoms with Gasteiger partial charge in [0.1, 0.15) is 12.6 Å². The van der Waals surface area contributed by atoms with Crippen LogP contribution in [0.2, 0.25) is 0 Å². The average molecular weight is 537 g/mol. The molecule has 2 aliphatic rings. The number of halogens is 1. The molecule has 35 heavy (non-hydrogen) atoms. The van der Waals surface area contributed by atoms with E-state index < -0.39 is 11.6 Å². The smallest absolute Gasteiger partial charge is 0.347 e. The highest BCUT2D eigenvalue weighted by Crippen LogP contribution is 2.44. The third-order valence-electron chi connectivity index (χ3n) is 8.03. The summed E-state index contributed by atoms with van der Waals surface area (Å²) in [6.07, 6.45) is 3.72. The van der Waals surface area contributed by atoms with Gasteiger partial charge in [0.25, 0.3) is 0 Å². The number of carbonyl (C=O) groups is 1. The Kier molecular flexibility index (Phi) is 7.36. The number of ether oxygens (including phenoxy) is 1. The number of hydrogen-bond donors (Lipinski definition) is 2. The number of benzene rings is 3. The van der Waals surface area contributed by atoms with E-state index in [4.69, 9.17) is 10.5 Å². The van der Waals surface area contributed by atoms with Crippen LogP contribution in [0.4, 0.5) is 5.69 Å². The van der Waals surface area contributed by atoms with Crippen LogP contribution >= 0.6 is 0 Å². The summed E-state index contributed by atoms with van der Waals surface area (Å²) in [6.45, 7) is 0.996. The van der Waals surface area contributed by atoms with Gasteiger partial charge in [0.05, 0.1) is 19.1 Å². The van der Waals surface area contributed by atoms with Crippen molar-refractivity contribution in [1.82, 2.24) is 0 Å². The Labute approximate surface area is 217 Å². The van der Waals surface area contributed by atoms with Gasteiger partial charge in [-0.1, -0.05) is 72.8 Å². The fourth-order valence-electron chi connectivity index (χ4n) is 6.07. The van der Waals surface area contributed by atoms with Crippen molar-refractivity contribution in [3.05, 3.63) is 102 Å². The lowest BCUT2D eigenvalue weighted by molar-refractivity contribution is -0.961. The van der Waals surface area contributed by atoms with Gasteiger partial charge in [0.2, 0.25) is 5.60 Å². The van der Waals surface area contributed by atoms with Crippen LogP contribution in [0, 0.1) is 0 Å². The number of aliphatic hydroxyl groups is 1. The largest absolute Gasteiger partial charge is 1.00 e. The van der Waals surface area contributed by atoms with E-state index in [2.05, 4.69) is 37.4 Å². The Morgan fingerprint density at radius 1 is 0.914 bits per heavy atom. The summed E-state index contributed by atoms with van der Waals surface area (Å²) in [6, 6.07) is 27.3. The number of quaternary nitrogens is 1. The number of piperidine rings is 1. The molecule has 0 aliphatic carbocycles. The van der Waals surface area contributed by atoms with Gasteiger partial charge in [-0.15, -0.1) is 0 Å². The molecule has 5 rings (SSSR count). The van der Waals surface area contributed by atoms with Crippen LogP contribution in [0.15, 0.2) is 84.9 Å². The molecule has 0 radical (unpaired) electrons. The van der Waals surface area contributed by atoms with Crippen molar-refractivity contribution in [3.8, 4) is 0 Å². The minimum atomic E-state index is -1.88. The van der Waals surface area contributed by atoms with Crippen LogP contribution in [0.5, 0.6) is 0 Å². The molecule has 0 spiro atoms. The number of nitrogens with zero attached hydrogens (tertiary/aromatic N) is 1. The average Bonchev–Trinajstić information content (AvgIpc) is 3.01. The number of esters is 1. The van der Waals surface area contributed by atoms with E-state index >= 15 is 0 Å². The number of fused-ring (bicyclic) bond motifs is 2. The number of rotatable bonds is 6. The van der Waals surface area contributed by atoms with Gasteiger partial charge in [0, 0.05) is 36.9 Å². The van der Waals surface area contributed by atoms with Crippen LogP contribution in [0.25, 0.3) is 0 Å². The topological polar surface area (TPSA) is 72.5 Å². The summed E-state index contributed by atoms with van der Waals surface area (Å²) in [7, 11) is 2.35. The summed E-state index contributed by atoms with van der Waals surface area (Å²) < 4.78 is 7.09. The zero-order chi connectivity index (χ0) is 23.8. The van der Waals surface area contributed by atoms with Crippen molar-refractivity contribution in [2.75, 3.05) is 12.8 Å². The second-order valence-electron chi connectivity index (χ2n) is 10.1. The van der Waals surface area contributed by atoms with Crippen LogP contribution in [-0.2, 0) is 21.7 Å². The predicted molar refractivity (Wildman–Crippen MR) is 133 cm³/mol. The lowest BCUT2D eigenvalue weighted by atomic mass is 9.86. The number of nitrogens with two attached hydrogens (primary N) is 1. The Hall–Kier alpha value is -2.67. The molecule has 3 aromatic rings. The first-order valence-electron chi connectivity index (χ1n) is 12.1. The molecule has 5 nitrogen and oxygen atoms in total. The standard InChI is InChI=1S/C29H33N2O3.BrH/c1-31(20-21-8-4-2-5-9-21)25-16-17-26(31)19-27(18-25)34-28(32)29(33,22-10-6-3-7-11-22)23-12-14-24(30)15-13-23;/h2-15,25-27,33H,16-20,30H2,1H3;1H/q+1;/p-1. The molecular formula is C29H33BrN2O3. The summed E-state index contributed by atoms with van der Waals surface area (Å²) in [5.74, 6) is -0.618. The van der Waals surface area contributed by atoms with Crippen LogP contribution < -0.4 is 22.7 Å². The van der Waals surface area contributed by atoms with Gasteiger partial charge in [-0.2, -0.15) is 0 Å². The summed E-state index contributed by atoms with van der Waals surface area (Å²) in [4.78, 5) is 13.6. The van der Waals surface area contributed by atoms with Gasteiger partial charge in [0.15, 0.2) is 0 Å². The fraction of sp³-hybridized carbons (Fsp3) is 0.345. The Balaban J connectivity index is 0.00000289.